The Morgan fingerprint density at radius 3 is 2.90 bits per heavy atom. The van der Waals surface area contributed by atoms with Gasteiger partial charge in [0.1, 0.15) is 0 Å². The van der Waals surface area contributed by atoms with Crippen LogP contribution in [0.4, 0.5) is 0 Å². The highest BCUT2D eigenvalue weighted by Gasteiger charge is 2.30. The fourth-order valence-corrected chi connectivity index (χ4v) is 2.91. The van der Waals surface area contributed by atoms with E-state index in [2.05, 4.69) is 11.9 Å². The van der Waals surface area contributed by atoms with Crippen LogP contribution < -0.4 is 5.56 Å². The lowest BCUT2D eigenvalue weighted by molar-refractivity contribution is 0.00538. The zero-order valence-electron chi connectivity index (χ0n) is 12.3. The predicted molar refractivity (Wildman–Crippen MR) is 79.1 cm³/mol. The molecule has 0 aliphatic carbocycles. The van der Waals surface area contributed by atoms with Crippen LogP contribution in [0.15, 0.2) is 23.3 Å². The summed E-state index contributed by atoms with van der Waals surface area (Å²) in [5, 5.41) is 0.692. The van der Waals surface area contributed by atoms with E-state index < -0.39 is 0 Å². The minimum Gasteiger partial charge on any atom is -0.373 e. The SMILES string of the molecule is Cc1ccc2c(=O)n(C[C@@]3(C)CCCO3)cnc2c1C. The van der Waals surface area contributed by atoms with E-state index in [1.165, 1.54) is 0 Å². The molecule has 2 aromatic rings. The third kappa shape index (κ3) is 2.14. The van der Waals surface area contributed by atoms with Crippen LogP contribution in [0.3, 0.4) is 0 Å². The van der Waals surface area contributed by atoms with Gasteiger partial charge in [0.25, 0.3) is 5.56 Å². The van der Waals surface area contributed by atoms with Crippen molar-refractivity contribution in [3.05, 3.63) is 39.9 Å². The number of hydrogen-bond acceptors (Lipinski definition) is 3. The highest BCUT2D eigenvalue weighted by atomic mass is 16.5. The van der Waals surface area contributed by atoms with E-state index in [1.54, 1.807) is 10.9 Å². The summed E-state index contributed by atoms with van der Waals surface area (Å²) >= 11 is 0. The highest BCUT2D eigenvalue weighted by molar-refractivity contribution is 5.81. The van der Waals surface area contributed by atoms with Crippen LogP contribution in [0, 0.1) is 13.8 Å². The Labute approximate surface area is 118 Å². The van der Waals surface area contributed by atoms with E-state index >= 15 is 0 Å². The summed E-state index contributed by atoms with van der Waals surface area (Å²) in [5.74, 6) is 0. The zero-order valence-corrected chi connectivity index (χ0v) is 12.3. The van der Waals surface area contributed by atoms with Crippen LogP contribution in [0.1, 0.15) is 30.9 Å². The molecule has 3 rings (SSSR count). The normalized spacial score (nSPS) is 22.6. The van der Waals surface area contributed by atoms with Gasteiger partial charge in [0.15, 0.2) is 0 Å². The van der Waals surface area contributed by atoms with Gasteiger partial charge in [0.2, 0.25) is 0 Å². The fraction of sp³-hybridized carbons (Fsp3) is 0.500. The molecule has 1 atom stereocenters. The molecule has 0 spiro atoms. The second kappa shape index (κ2) is 4.70. The van der Waals surface area contributed by atoms with E-state index in [9.17, 15) is 4.79 Å². The van der Waals surface area contributed by atoms with E-state index in [4.69, 9.17) is 4.74 Å². The Bertz CT molecular complexity index is 712. The number of ether oxygens (including phenoxy) is 1. The third-order valence-electron chi connectivity index (χ3n) is 4.32. The Hall–Kier alpha value is -1.68. The molecule has 106 valence electrons. The number of fused-ring (bicyclic) bond motifs is 1. The average Bonchev–Trinajstić information content (AvgIpc) is 2.84. The summed E-state index contributed by atoms with van der Waals surface area (Å²) in [6, 6.07) is 3.86. The van der Waals surface area contributed by atoms with Crippen LogP contribution in [0.25, 0.3) is 10.9 Å². The molecule has 0 amide bonds. The largest absolute Gasteiger partial charge is 0.373 e. The quantitative estimate of drug-likeness (QED) is 0.844. The van der Waals surface area contributed by atoms with Gasteiger partial charge in [0, 0.05) is 6.61 Å². The minimum atomic E-state index is -0.237. The number of hydrogen-bond donors (Lipinski definition) is 0. The molecule has 20 heavy (non-hydrogen) atoms. The van der Waals surface area contributed by atoms with Crippen molar-refractivity contribution in [2.24, 2.45) is 0 Å². The first-order valence-electron chi connectivity index (χ1n) is 7.09. The van der Waals surface area contributed by atoms with E-state index in [0.717, 1.165) is 36.1 Å². The average molecular weight is 272 g/mol. The topological polar surface area (TPSA) is 44.1 Å². The first kappa shape index (κ1) is 13.3. The molecule has 2 heterocycles. The van der Waals surface area contributed by atoms with Crippen molar-refractivity contribution in [2.45, 2.75) is 45.8 Å². The minimum absolute atomic E-state index is 0.0230. The van der Waals surface area contributed by atoms with Crippen LogP contribution in [-0.2, 0) is 11.3 Å². The number of aryl methyl sites for hydroxylation is 2. The van der Waals surface area contributed by atoms with Gasteiger partial charge < -0.3 is 4.74 Å². The first-order chi connectivity index (χ1) is 9.50. The van der Waals surface area contributed by atoms with Crippen LogP contribution in [0.5, 0.6) is 0 Å². The maximum absolute atomic E-state index is 12.6. The lowest BCUT2D eigenvalue weighted by Crippen LogP contribution is -2.35. The predicted octanol–water partition coefficient (Wildman–Crippen LogP) is 2.58. The highest BCUT2D eigenvalue weighted by Crippen LogP contribution is 2.26. The van der Waals surface area contributed by atoms with Crippen LogP contribution in [-0.4, -0.2) is 21.8 Å². The maximum Gasteiger partial charge on any atom is 0.261 e. The second-order valence-corrected chi connectivity index (χ2v) is 5.98. The Kier molecular flexibility index (Phi) is 3.13. The van der Waals surface area contributed by atoms with Gasteiger partial charge in [-0.1, -0.05) is 6.07 Å². The molecule has 0 radical (unpaired) electrons. The molecular weight excluding hydrogens is 252 g/mol. The molecule has 0 bridgehead atoms. The van der Waals surface area contributed by atoms with E-state index in [1.807, 2.05) is 26.0 Å². The van der Waals surface area contributed by atoms with Crippen molar-refractivity contribution in [1.29, 1.82) is 0 Å². The molecule has 0 saturated carbocycles. The smallest absolute Gasteiger partial charge is 0.261 e. The van der Waals surface area contributed by atoms with Gasteiger partial charge >= 0.3 is 0 Å². The maximum atomic E-state index is 12.6. The lowest BCUT2D eigenvalue weighted by Gasteiger charge is -2.24. The summed E-state index contributed by atoms with van der Waals surface area (Å²) in [7, 11) is 0. The molecule has 4 heteroatoms. The van der Waals surface area contributed by atoms with Gasteiger partial charge in [0.05, 0.1) is 29.4 Å². The third-order valence-corrected chi connectivity index (χ3v) is 4.32. The van der Waals surface area contributed by atoms with Gasteiger partial charge in [-0.05, 0) is 50.8 Å². The molecule has 1 aliphatic rings. The molecule has 0 N–H and O–H groups in total. The van der Waals surface area contributed by atoms with Crippen molar-refractivity contribution in [3.63, 3.8) is 0 Å². The summed E-state index contributed by atoms with van der Waals surface area (Å²) in [6.45, 7) is 7.47. The Morgan fingerprint density at radius 1 is 1.40 bits per heavy atom. The van der Waals surface area contributed by atoms with Gasteiger partial charge in [-0.15, -0.1) is 0 Å². The molecule has 1 fully saturated rings. The number of aromatic nitrogens is 2. The Morgan fingerprint density at radius 2 is 2.20 bits per heavy atom. The van der Waals surface area contributed by atoms with Crippen molar-refractivity contribution < 1.29 is 4.74 Å². The molecular formula is C16H20N2O2. The summed E-state index contributed by atoms with van der Waals surface area (Å²) in [6.07, 6.45) is 3.71. The summed E-state index contributed by atoms with van der Waals surface area (Å²) < 4.78 is 7.45. The van der Waals surface area contributed by atoms with Crippen molar-refractivity contribution in [3.8, 4) is 0 Å². The molecule has 0 unspecified atom stereocenters. The van der Waals surface area contributed by atoms with E-state index in [-0.39, 0.29) is 11.2 Å². The van der Waals surface area contributed by atoms with E-state index in [0.29, 0.717) is 11.9 Å². The molecule has 1 aromatic heterocycles. The van der Waals surface area contributed by atoms with Gasteiger partial charge in [-0.3, -0.25) is 9.36 Å². The number of benzene rings is 1. The number of rotatable bonds is 2. The van der Waals surface area contributed by atoms with Crippen LogP contribution in [0.2, 0.25) is 0 Å². The van der Waals surface area contributed by atoms with Crippen molar-refractivity contribution >= 4 is 10.9 Å². The van der Waals surface area contributed by atoms with Crippen LogP contribution >= 0.6 is 0 Å². The van der Waals surface area contributed by atoms with Crippen molar-refractivity contribution in [1.82, 2.24) is 9.55 Å². The van der Waals surface area contributed by atoms with Gasteiger partial charge in [-0.2, -0.15) is 0 Å². The fourth-order valence-electron chi connectivity index (χ4n) is 2.91. The molecule has 1 saturated heterocycles. The standard InChI is InChI=1S/C16H20N2O2/c1-11-5-6-13-14(12(11)2)17-10-18(15(13)19)9-16(3)7-4-8-20-16/h5-6,10H,4,7-9H2,1-3H3/t16-/m1/s1. The second-order valence-electron chi connectivity index (χ2n) is 5.98. The Balaban J connectivity index is 2.08. The summed E-state index contributed by atoms with van der Waals surface area (Å²) in [4.78, 5) is 17.1. The lowest BCUT2D eigenvalue weighted by atomic mass is 10.0. The number of nitrogens with zero attached hydrogens (tertiary/aromatic N) is 2. The van der Waals surface area contributed by atoms with Gasteiger partial charge in [-0.25, -0.2) is 4.98 Å². The zero-order chi connectivity index (χ0) is 14.3. The first-order valence-corrected chi connectivity index (χ1v) is 7.09. The molecule has 1 aliphatic heterocycles. The molecule has 4 nitrogen and oxygen atoms in total. The summed E-state index contributed by atoms with van der Waals surface area (Å²) in [5.41, 5.74) is 2.83. The monoisotopic (exact) mass is 272 g/mol. The molecule has 1 aromatic carbocycles. The van der Waals surface area contributed by atoms with Crippen molar-refractivity contribution in [2.75, 3.05) is 6.61 Å².